The van der Waals surface area contributed by atoms with Crippen molar-refractivity contribution in [3.8, 4) is 16.9 Å². The van der Waals surface area contributed by atoms with Crippen LogP contribution in [0.2, 0.25) is 0 Å². The first-order valence-electron chi connectivity index (χ1n) is 13.2. The summed E-state index contributed by atoms with van der Waals surface area (Å²) in [5.74, 6) is 0.459. The Labute approximate surface area is 231 Å². The fourth-order valence-corrected chi connectivity index (χ4v) is 6.04. The van der Waals surface area contributed by atoms with Gasteiger partial charge in [-0.15, -0.1) is 13.2 Å². The molecule has 4 aromatic rings. The summed E-state index contributed by atoms with van der Waals surface area (Å²) in [5, 5.41) is 3.34. The van der Waals surface area contributed by atoms with E-state index >= 15 is 0 Å². The lowest BCUT2D eigenvalue weighted by molar-refractivity contribution is -0.274. The Balaban J connectivity index is 1.55. The number of nitrogens with one attached hydrogen (secondary N) is 1. The molecule has 1 saturated carbocycles. The largest absolute Gasteiger partial charge is 0.573 e. The van der Waals surface area contributed by atoms with E-state index in [1.54, 1.807) is 24.3 Å². The van der Waals surface area contributed by atoms with Crippen LogP contribution in [0, 0.1) is 11.3 Å². The van der Waals surface area contributed by atoms with Crippen LogP contribution in [0.5, 0.6) is 5.75 Å². The SMILES string of the molecule is COC(=O)c1cccc(-c2ccc3c(c2)nc(Nc2ccc(OC(F)(F)F)cc2)n3[C@@H]2C[C@H](C)CC(C)(C)C2)c1. The van der Waals surface area contributed by atoms with E-state index in [4.69, 9.17) is 9.72 Å². The van der Waals surface area contributed by atoms with E-state index in [0.29, 0.717) is 23.1 Å². The van der Waals surface area contributed by atoms with Gasteiger partial charge in [0, 0.05) is 11.7 Å². The number of nitrogens with zero attached hydrogens (tertiary/aromatic N) is 2. The molecule has 0 amide bonds. The van der Waals surface area contributed by atoms with Crippen LogP contribution in [0.15, 0.2) is 66.7 Å². The molecule has 2 atom stereocenters. The van der Waals surface area contributed by atoms with Crippen LogP contribution in [0.3, 0.4) is 0 Å². The summed E-state index contributed by atoms with van der Waals surface area (Å²) in [6.07, 6.45) is -1.65. The van der Waals surface area contributed by atoms with Gasteiger partial charge in [-0.25, -0.2) is 9.78 Å². The normalized spacial score (nSPS) is 18.9. The van der Waals surface area contributed by atoms with Gasteiger partial charge in [0.15, 0.2) is 0 Å². The number of methoxy groups -OCH3 is 1. The Kier molecular flexibility index (Phi) is 7.25. The van der Waals surface area contributed by atoms with Gasteiger partial charge in [-0.05, 0) is 90.3 Å². The smallest absolute Gasteiger partial charge is 0.465 e. The van der Waals surface area contributed by atoms with E-state index in [0.717, 1.165) is 41.4 Å². The molecule has 210 valence electrons. The van der Waals surface area contributed by atoms with Crippen LogP contribution in [0.4, 0.5) is 24.8 Å². The third kappa shape index (κ3) is 6.08. The standard InChI is InChI=1S/C31H32F3N3O3/c1-19-14-24(18-30(2,3)17-19)37-27-13-8-21(20-6-5-7-22(15-20)28(38)39-4)16-26(27)36-29(37)35-23-9-11-25(12-10-23)40-31(32,33)34/h5-13,15-16,19,24H,14,17-18H2,1-4H3,(H,35,36)/t19-,24+/m0/s1. The molecule has 1 aromatic heterocycles. The van der Waals surface area contributed by atoms with Crippen molar-refractivity contribution in [2.75, 3.05) is 12.4 Å². The number of hydrogen-bond acceptors (Lipinski definition) is 5. The molecule has 40 heavy (non-hydrogen) atoms. The average molecular weight is 552 g/mol. The Morgan fingerprint density at radius 1 is 1.02 bits per heavy atom. The summed E-state index contributed by atoms with van der Waals surface area (Å²) < 4.78 is 49.0. The summed E-state index contributed by atoms with van der Waals surface area (Å²) in [5.41, 5.74) is 4.71. The van der Waals surface area contributed by atoms with Crippen molar-refractivity contribution >= 4 is 28.6 Å². The van der Waals surface area contributed by atoms with E-state index in [1.165, 1.54) is 19.2 Å². The maximum absolute atomic E-state index is 12.6. The van der Waals surface area contributed by atoms with Crippen molar-refractivity contribution in [1.29, 1.82) is 0 Å². The second kappa shape index (κ2) is 10.5. The zero-order valence-electron chi connectivity index (χ0n) is 22.9. The highest BCUT2D eigenvalue weighted by Crippen LogP contribution is 2.46. The van der Waals surface area contributed by atoms with Crippen molar-refractivity contribution in [3.63, 3.8) is 0 Å². The summed E-state index contributed by atoms with van der Waals surface area (Å²) in [6.45, 7) is 6.84. The number of benzene rings is 3. The van der Waals surface area contributed by atoms with Crippen LogP contribution in [0.25, 0.3) is 22.2 Å². The summed E-state index contributed by atoms with van der Waals surface area (Å²) in [6, 6.07) is 19.1. The van der Waals surface area contributed by atoms with Gasteiger partial charge in [0.2, 0.25) is 5.95 Å². The van der Waals surface area contributed by atoms with Crippen molar-refractivity contribution in [2.45, 2.75) is 52.4 Å². The molecule has 0 saturated heterocycles. The minimum absolute atomic E-state index is 0.154. The number of esters is 1. The summed E-state index contributed by atoms with van der Waals surface area (Å²) >= 11 is 0. The second-order valence-corrected chi connectivity index (χ2v) is 11.3. The number of carbonyl (C=O) groups excluding carboxylic acids is 1. The van der Waals surface area contributed by atoms with Crippen LogP contribution in [-0.4, -0.2) is 29.0 Å². The maximum Gasteiger partial charge on any atom is 0.573 e. The first-order chi connectivity index (χ1) is 18.9. The minimum Gasteiger partial charge on any atom is -0.465 e. The number of rotatable bonds is 6. The molecule has 1 heterocycles. The third-order valence-corrected chi connectivity index (χ3v) is 7.38. The zero-order chi connectivity index (χ0) is 28.7. The van der Waals surface area contributed by atoms with E-state index < -0.39 is 12.3 Å². The summed E-state index contributed by atoms with van der Waals surface area (Å²) in [4.78, 5) is 17.0. The van der Waals surface area contributed by atoms with Crippen molar-refractivity contribution in [2.24, 2.45) is 11.3 Å². The summed E-state index contributed by atoms with van der Waals surface area (Å²) in [7, 11) is 1.35. The van der Waals surface area contributed by atoms with Gasteiger partial charge < -0.3 is 19.4 Å². The molecule has 1 fully saturated rings. The molecular weight excluding hydrogens is 519 g/mol. The van der Waals surface area contributed by atoms with Crippen molar-refractivity contribution in [3.05, 3.63) is 72.3 Å². The van der Waals surface area contributed by atoms with Gasteiger partial charge in [-0.2, -0.15) is 0 Å². The Hall–Kier alpha value is -4.01. The quantitative estimate of drug-likeness (QED) is 0.243. The topological polar surface area (TPSA) is 65.4 Å². The molecule has 0 aliphatic heterocycles. The number of fused-ring (bicyclic) bond motifs is 1. The van der Waals surface area contributed by atoms with Gasteiger partial charge in [-0.3, -0.25) is 0 Å². The van der Waals surface area contributed by atoms with E-state index in [-0.39, 0.29) is 17.2 Å². The monoisotopic (exact) mass is 551 g/mol. The maximum atomic E-state index is 12.6. The molecule has 1 aliphatic rings. The van der Waals surface area contributed by atoms with Gasteiger partial charge in [0.1, 0.15) is 5.75 Å². The molecule has 6 nitrogen and oxygen atoms in total. The van der Waals surface area contributed by atoms with Crippen LogP contribution >= 0.6 is 0 Å². The predicted octanol–water partition coefficient (Wildman–Crippen LogP) is 8.52. The number of aromatic nitrogens is 2. The Morgan fingerprint density at radius 3 is 2.42 bits per heavy atom. The number of imidazole rings is 1. The molecule has 1 N–H and O–H groups in total. The highest BCUT2D eigenvalue weighted by molar-refractivity contribution is 5.92. The molecule has 3 aromatic carbocycles. The van der Waals surface area contributed by atoms with Crippen molar-refractivity contribution in [1.82, 2.24) is 9.55 Å². The first kappa shape index (κ1) is 27.6. The third-order valence-electron chi connectivity index (χ3n) is 7.38. The number of alkyl halides is 3. The zero-order valence-corrected chi connectivity index (χ0v) is 22.9. The van der Waals surface area contributed by atoms with Crippen molar-refractivity contribution < 1.29 is 27.4 Å². The van der Waals surface area contributed by atoms with Gasteiger partial charge in [0.05, 0.1) is 23.7 Å². The van der Waals surface area contributed by atoms with E-state index in [1.807, 2.05) is 30.3 Å². The average Bonchev–Trinajstić information content (AvgIpc) is 3.24. The number of anilines is 2. The molecule has 1 aliphatic carbocycles. The molecule has 0 spiro atoms. The highest BCUT2D eigenvalue weighted by Gasteiger charge is 2.35. The first-order valence-corrected chi connectivity index (χ1v) is 13.2. The van der Waals surface area contributed by atoms with E-state index in [9.17, 15) is 18.0 Å². The molecule has 5 rings (SSSR count). The lowest BCUT2D eigenvalue weighted by atomic mass is 9.70. The van der Waals surface area contributed by atoms with Gasteiger partial charge in [0.25, 0.3) is 0 Å². The lowest BCUT2D eigenvalue weighted by Gasteiger charge is -2.40. The second-order valence-electron chi connectivity index (χ2n) is 11.3. The number of hydrogen-bond donors (Lipinski definition) is 1. The fraction of sp³-hybridized carbons (Fsp3) is 0.355. The van der Waals surface area contributed by atoms with Crippen LogP contribution in [-0.2, 0) is 4.74 Å². The van der Waals surface area contributed by atoms with Gasteiger partial charge >= 0.3 is 12.3 Å². The highest BCUT2D eigenvalue weighted by atomic mass is 19.4. The van der Waals surface area contributed by atoms with E-state index in [2.05, 4.69) is 35.4 Å². The number of halogens is 3. The van der Waals surface area contributed by atoms with Crippen LogP contribution in [0.1, 0.15) is 56.4 Å². The predicted molar refractivity (Wildman–Crippen MR) is 149 cm³/mol. The Bertz CT molecular complexity index is 1530. The number of ether oxygens (including phenoxy) is 2. The Morgan fingerprint density at radius 2 is 1.75 bits per heavy atom. The fourth-order valence-electron chi connectivity index (χ4n) is 6.04. The molecule has 0 radical (unpaired) electrons. The molecular formula is C31H32F3N3O3. The molecule has 0 unspecified atom stereocenters. The minimum atomic E-state index is -4.75. The number of carbonyl (C=O) groups is 1. The molecule has 0 bridgehead atoms. The van der Waals surface area contributed by atoms with Gasteiger partial charge in [-0.1, -0.05) is 39.0 Å². The lowest BCUT2D eigenvalue weighted by Crippen LogP contribution is -2.29. The van der Waals surface area contributed by atoms with Crippen LogP contribution < -0.4 is 10.1 Å². The molecule has 9 heteroatoms.